The fraction of sp³-hybridized carbons (Fsp3) is 0.458. The van der Waals surface area contributed by atoms with Crippen LogP contribution in [0.15, 0.2) is 41.6 Å². The first kappa shape index (κ1) is 25.6. The summed E-state index contributed by atoms with van der Waals surface area (Å²) in [4.78, 5) is 31.0. The van der Waals surface area contributed by atoms with Crippen LogP contribution in [0.5, 0.6) is 0 Å². The molecule has 2 aliphatic carbocycles. The number of nitrogens with one attached hydrogen (secondary N) is 1. The van der Waals surface area contributed by atoms with Crippen molar-refractivity contribution >= 4 is 21.7 Å². The number of nitrogens with zero attached hydrogens (tertiary/aromatic N) is 2. The predicted molar refractivity (Wildman–Crippen MR) is 119 cm³/mol. The molecule has 3 fully saturated rings. The van der Waals surface area contributed by atoms with E-state index in [9.17, 15) is 31.2 Å². The number of fused-ring (bicyclic) bond motifs is 1. The van der Waals surface area contributed by atoms with Crippen LogP contribution in [0.3, 0.4) is 0 Å². The summed E-state index contributed by atoms with van der Waals surface area (Å²) in [5.41, 5.74) is -2.01. The first-order valence-electron chi connectivity index (χ1n) is 11.6. The molecule has 1 N–H and O–H groups in total. The number of piperidine rings is 1. The van der Waals surface area contributed by atoms with Crippen molar-refractivity contribution in [1.82, 2.24) is 15.2 Å². The van der Waals surface area contributed by atoms with Gasteiger partial charge in [0.05, 0.1) is 16.0 Å². The Morgan fingerprint density at radius 3 is 2.38 bits per heavy atom. The zero-order chi connectivity index (χ0) is 26.9. The van der Waals surface area contributed by atoms with Crippen LogP contribution >= 0.6 is 0 Å². The van der Waals surface area contributed by atoms with Crippen molar-refractivity contribution in [3.63, 3.8) is 0 Å². The summed E-state index contributed by atoms with van der Waals surface area (Å²) in [6.45, 7) is 0. The van der Waals surface area contributed by atoms with E-state index in [0.717, 1.165) is 24.7 Å². The molecule has 2 heterocycles. The molecule has 2 saturated carbocycles. The van der Waals surface area contributed by atoms with Gasteiger partial charge in [0.1, 0.15) is 6.04 Å². The minimum Gasteiger partial charge on any atom is -0.323 e. The molecule has 1 aromatic heterocycles. The molecule has 198 valence electrons. The smallest absolute Gasteiger partial charge is 0.323 e. The van der Waals surface area contributed by atoms with Gasteiger partial charge in [-0.25, -0.2) is 8.42 Å². The Kier molecular flexibility index (Phi) is 5.85. The Labute approximate surface area is 209 Å². The third kappa shape index (κ3) is 4.92. The standard InChI is InChI=1S/C24H22F5N3O4S/c1-37(35,36)16-6-14(10-30-11-16)22(34)32-19-7-13(19)8-20(32)21(33)31-24(28,29)18-5-4-15(23(25,26)27)9-17(18)12-2-3-12/h4-6,9-13,19-20H,2-3,7-8H2,1H3,(H,31,33)/t13-,19-,20-/m1/s1. The van der Waals surface area contributed by atoms with Crippen molar-refractivity contribution in [2.24, 2.45) is 5.92 Å². The number of sulfone groups is 1. The van der Waals surface area contributed by atoms with Gasteiger partial charge in [-0.1, -0.05) is 6.07 Å². The molecular formula is C24H22F5N3O4S. The van der Waals surface area contributed by atoms with Gasteiger partial charge in [-0.05, 0) is 61.3 Å². The Hall–Kier alpha value is -3.09. The lowest BCUT2D eigenvalue weighted by atomic mass is 9.98. The summed E-state index contributed by atoms with van der Waals surface area (Å²) in [7, 11) is -3.67. The van der Waals surface area contributed by atoms with E-state index in [4.69, 9.17) is 0 Å². The van der Waals surface area contributed by atoms with Crippen LogP contribution in [0.25, 0.3) is 0 Å². The number of amides is 2. The van der Waals surface area contributed by atoms with Crippen molar-refractivity contribution in [3.05, 3.63) is 58.9 Å². The number of carbonyl (C=O) groups excluding carboxylic acids is 2. The Balaban J connectivity index is 1.39. The summed E-state index contributed by atoms with van der Waals surface area (Å²) in [6.07, 6.45) is 0.106. The van der Waals surface area contributed by atoms with E-state index in [2.05, 4.69) is 4.98 Å². The van der Waals surface area contributed by atoms with Gasteiger partial charge in [0.25, 0.3) is 5.91 Å². The quantitative estimate of drug-likeness (QED) is 0.441. The van der Waals surface area contributed by atoms with Crippen molar-refractivity contribution in [2.45, 2.75) is 60.8 Å². The number of aromatic nitrogens is 1. The number of alkyl halides is 5. The molecule has 3 aliphatic rings. The maximum Gasteiger partial charge on any atom is 0.416 e. The van der Waals surface area contributed by atoms with Gasteiger partial charge in [-0.15, -0.1) is 0 Å². The topological polar surface area (TPSA) is 96.4 Å². The van der Waals surface area contributed by atoms with Gasteiger partial charge >= 0.3 is 12.2 Å². The highest BCUT2D eigenvalue weighted by Gasteiger charge is 2.57. The summed E-state index contributed by atoms with van der Waals surface area (Å²) in [5, 5.41) is 1.65. The summed E-state index contributed by atoms with van der Waals surface area (Å²) in [5.74, 6) is -2.36. The molecule has 3 atom stereocenters. The highest BCUT2D eigenvalue weighted by atomic mass is 32.2. The summed E-state index contributed by atoms with van der Waals surface area (Å²) >= 11 is 0. The van der Waals surface area contributed by atoms with Crippen LogP contribution in [0, 0.1) is 5.92 Å². The Morgan fingerprint density at radius 1 is 1.05 bits per heavy atom. The molecule has 37 heavy (non-hydrogen) atoms. The average molecular weight is 544 g/mol. The fourth-order valence-corrected chi connectivity index (χ4v) is 5.53. The first-order valence-corrected chi connectivity index (χ1v) is 13.4. The lowest BCUT2D eigenvalue weighted by molar-refractivity contribution is -0.140. The minimum absolute atomic E-state index is 0.0625. The molecule has 13 heteroatoms. The second kappa shape index (κ2) is 8.47. The molecule has 2 amide bonds. The minimum atomic E-state index is -4.70. The van der Waals surface area contributed by atoms with Crippen LogP contribution in [0.2, 0.25) is 0 Å². The highest BCUT2D eigenvalue weighted by molar-refractivity contribution is 7.90. The first-order chi connectivity index (χ1) is 17.2. The predicted octanol–water partition coefficient (Wildman–Crippen LogP) is 3.85. The summed E-state index contributed by atoms with van der Waals surface area (Å²) in [6, 6.07) is -2.51. The van der Waals surface area contributed by atoms with E-state index >= 15 is 8.78 Å². The number of carbonyl (C=O) groups is 2. The average Bonchev–Trinajstić information content (AvgIpc) is 3.74. The largest absolute Gasteiger partial charge is 0.416 e. The maximum atomic E-state index is 15.3. The van der Waals surface area contributed by atoms with Gasteiger partial charge < -0.3 is 4.90 Å². The number of rotatable bonds is 6. The molecule has 0 spiro atoms. The molecule has 2 aromatic rings. The Bertz CT molecular complexity index is 1390. The highest BCUT2D eigenvalue weighted by Crippen LogP contribution is 2.49. The number of likely N-dealkylation sites (tertiary alicyclic amines) is 1. The monoisotopic (exact) mass is 543 g/mol. The van der Waals surface area contributed by atoms with E-state index in [-0.39, 0.29) is 34.4 Å². The van der Waals surface area contributed by atoms with E-state index in [1.807, 2.05) is 0 Å². The molecule has 1 aliphatic heterocycles. The zero-order valence-electron chi connectivity index (χ0n) is 19.4. The van der Waals surface area contributed by atoms with E-state index in [1.165, 1.54) is 4.90 Å². The number of benzene rings is 1. The van der Waals surface area contributed by atoms with Crippen molar-refractivity contribution in [1.29, 1.82) is 0 Å². The third-order valence-corrected chi connectivity index (χ3v) is 8.12. The van der Waals surface area contributed by atoms with Crippen LogP contribution in [-0.4, -0.2) is 48.5 Å². The normalized spacial score (nSPS) is 23.5. The van der Waals surface area contributed by atoms with Crippen molar-refractivity contribution in [2.75, 3.05) is 6.26 Å². The second-order valence-corrected chi connectivity index (χ2v) is 11.9. The molecule has 5 rings (SSSR count). The molecule has 1 aromatic carbocycles. The molecule has 1 saturated heterocycles. The molecule has 0 bridgehead atoms. The maximum absolute atomic E-state index is 15.3. The van der Waals surface area contributed by atoms with E-state index < -0.39 is 57.0 Å². The van der Waals surface area contributed by atoms with Crippen LogP contribution in [-0.2, 0) is 26.9 Å². The van der Waals surface area contributed by atoms with Crippen molar-refractivity contribution < 1.29 is 40.0 Å². The third-order valence-electron chi connectivity index (χ3n) is 7.04. The van der Waals surface area contributed by atoms with Gasteiger partial charge in [-0.3, -0.25) is 19.9 Å². The fourth-order valence-electron chi connectivity index (χ4n) is 4.93. The molecule has 7 nitrogen and oxygen atoms in total. The number of halogens is 5. The van der Waals surface area contributed by atoms with Gasteiger partial charge in [-0.2, -0.15) is 22.0 Å². The lowest BCUT2D eigenvalue weighted by Crippen LogP contribution is -2.52. The molecular weight excluding hydrogens is 521 g/mol. The van der Waals surface area contributed by atoms with Crippen LogP contribution in [0.1, 0.15) is 58.6 Å². The van der Waals surface area contributed by atoms with Crippen LogP contribution < -0.4 is 5.32 Å². The lowest BCUT2D eigenvalue weighted by Gasteiger charge is -2.29. The number of hydrogen-bond acceptors (Lipinski definition) is 5. The van der Waals surface area contributed by atoms with Gasteiger partial charge in [0.2, 0.25) is 5.91 Å². The van der Waals surface area contributed by atoms with Gasteiger partial charge in [0, 0.05) is 30.3 Å². The molecule has 0 unspecified atom stereocenters. The number of hydrogen-bond donors (Lipinski definition) is 1. The zero-order valence-corrected chi connectivity index (χ0v) is 20.2. The van der Waals surface area contributed by atoms with Crippen molar-refractivity contribution in [3.8, 4) is 0 Å². The second-order valence-electron chi connectivity index (χ2n) is 9.85. The summed E-state index contributed by atoms with van der Waals surface area (Å²) < 4.78 is 93.7. The van der Waals surface area contributed by atoms with Crippen LogP contribution in [0.4, 0.5) is 22.0 Å². The van der Waals surface area contributed by atoms with Gasteiger partial charge in [0.15, 0.2) is 9.84 Å². The molecule has 0 radical (unpaired) electrons. The SMILES string of the molecule is CS(=O)(=O)c1cncc(C(=O)N2[C@@H](C(=O)NC(F)(F)c3ccc(C(F)(F)F)cc3C3CC3)C[C@H]3C[C@H]32)c1. The van der Waals surface area contributed by atoms with E-state index in [1.54, 1.807) is 5.32 Å². The number of pyridine rings is 1. The van der Waals surface area contributed by atoms with E-state index in [0.29, 0.717) is 37.5 Å². The Morgan fingerprint density at radius 2 is 1.76 bits per heavy atom.